The van der Waals surface area contributed by atoms with Crippen molar-refractivity contribution in [2.75, 3.05) is 13.7 Å². The van der Waals surface area contributed by atoms with Crippen molar-refractivity contribution in [2.45, 2.75) is 45.1 Å². The third-order valence-electron chi connectivity index (χ3n) is 4.92. The number of pyridine rings is 1. The van der Waals surface area contributed by atoms with Gasteiger partial charge in [-0.1, -0.05) is 12.5 Å². The van der Waals surface area contributed by atoms with Gasteiger partial charge in [-0.2, -0.15) is 0 Å². The summed E-state index contributed by atoms with van der Waals surface area (Å²) >= 11 is 0. The number of carbonyl (C=O) groups excluding carboxylic acids is 1. The quantitative estimate of drug-likeness (QED) is 0.863. The molecule has 138 valence electrons. The Morgan fingerprint density at radius 1 is 1.31 bits per heavy atom. The van der Waals surface area contributed by atoms with Crippen molar-refractivity contribution < 1.29 is 9.53 Å². The largest absolute Gasteiger partial charge is 0.381 e. The van der Waals surface area contributed by atoms with Gasteiger partial charge in [0.05, 0.1) is 17.5 Å². The highest BCUT2D eigenvalue weighted by molar-refractivity contribution is 5.78. The molecule has 0 aliphatic heterocycles. The summed E-state index contributed by atoms with van der Waals surface area (Å²) in [4.78, 5) is 25.7. The molecule has 2 aromatic rings. The van der Waals surface area contributed by atoms with Crippen molar-refractivity contribution in [3.8, 4) is 11.3 Å². The maximum Gasteiger partial charge on any atom is 0.223 e. The number of nitrogens with zero attached hydrogens (tertiary/aromatic N) is 3. The van der Waals surface area contributed by atoms with E-state index in [1.165, 1.54) is 0 Å². The van der Waals surface area contributed by atoms with Crippen molar-refractivity contribution in [3.63, 3.8) is 0 Å². The van der Waals surface area contributed by atoms with E-state index in [9.17, 15) is 4.79 Å². The van der Waals surface area contributed by atoms with Crippen LogP contribution in [0.3, 0.4) is 0 Å². The molecule has 0 saturated heterocycles. The lowest BCUT2D eigenvalue weighted by atomic mass is 9.86. The van der Waals surface area contributed by atoms with Crippen LogP contribution >= 0.6 is 0 Å². The van der Waals surface area contributed by atoms with Gasteiger partial charge < -0.3 is 10.1 Å². The first-order valence-corrected chi connectivity index (χ1v) is 9.22. The molecule has 0 aromatic carbocycles. The van der Waals surface area contributed by atoms with Gasteiger partial charge in [0.15, 0.2) is 0 Å². The molecule has 1 N–H and O–H groups in total. The average Bonchev–Trinajstić information content (AvgIpc) is 2.69. The van der Waals surface area contributed by atoms with E-state index in [-0.39, 0.29) is 17.9 Å². The molecule has 26 heavy (non-hydrogen) atoms. The van der Waals surface area contributed by atoms with Crippen molar-refractivity contribution >= 4 is 5.91 Å². The van der Waals surface area contributed by atoms with E-state index in [0.29, 0.717) is 13.0 Å². The van der Waals surface area contributed by atoms with Crippen LogP contribution in [0.15, 0.2) is 30.6 Å². The normalized spacial score (nSPS) is 19.9. The van der Waals surface area contributed by atoms with Gasteiger partial charge in [-0.05, 0) is 38.3 Å². The lowest BCUT2D eigenvalue weighted by molar-refractivity contribution is -0.127. The SMILES string of the molecule is CO[C@H]1CCC[C@@H](C(=O)NCCc2nc(C)ncc2-c2ccccn2)C1. The fourth-order valence-electron chi connectivity index (χ4n) is 3.49. The third kappa shape index (κ3) is 4.64. The minimum atomic E-state index is 0.0519. The highest BCUT2D eigenvalue weighted by Crippen LogP contribution is 2.26. The Bertz CT molecular complexity index is 736. The topological polar surface area (TPSA) is 77.0 Å². The molecule has 6 nitrogen and oxygen atoms in total. The van der Waals surface area contributed by atoms with Gasteiger partial charge in [0.2, 0.25) is 5.91 Å². The molecule has 3 rings (SSSR count). The van der Waals surface area contributed by atoms with Gasteiger partial charge in [-0.3, -0.25) is 9.78 Å². The Balaban J connectivity index is 1.61. The van der Waals surface area contributed by atoms with E-state index >= 15 is 0 Å². The fourth-order valence-corrected chi connectivity index (χ4v) is 3.49. The second-order valence-electron chi connectivity index (χ2n) is 6.75. The molecule has 2 atom stereocenters. The number of carbonyl (C=O) groups is 1. The van der Waals surface area contributed by atoms with Gasteiger partial charge in [0, 0.05) is 44.0 Å². The van der Waals surface area contributed by atoms with E-state index < -0.39 is 0 Å². The zero-order chi connectivity index (χ0) is 18.4. The van der Waals surface area contributed by atoms with Crippen molar-refractivity contribution in [1.82, 2.24) is 20.3 Å². The molecule has 0 unspecified atom stereocenters. The lowest BCUT2D eigenvalue weighted by Gasteiger charge is -2.27. The van der Waals surface area contributed by atoms with Crippen LogP contribution in [0.5, 0.6) is 0 Å². The monoisotopic (exact) mass is 354 g/mol. The Morgan fingerprint density at radius 3 is 2.96 bits per heavy atom. The first kappa shape index (κ1) is 18.5. The summed E-state index contributed by atoms with van der Waals surface area (Å²) in [6, 6.07) is 5.78. The van der Waals surface area contributed by atoms with Crippen LogP contribution in [-0.4, -0.2) is 40.6 Å². The first-order valence-electron chi connectivity index (χ1n) is 9.22. The van der Waals surface area contributed by atoms with Crippen molar-refractivity contribution in [1.29, 1.82) is 0 Å². The predicted molar refractivity (Wildman–Crippen MR) is 99.5 cm³/mol. The molecule has 1 aliphatic carbocycles. The van der Waals surface area contributed by atoms with Gasteiger partial charge in [-0.15, -0.1) is 0 Å². The molecule has 0 bridgehead atoms. The second-order valence-corrected chi connectivity index (χ2v) is 6.75. The van der Waals surface area contributed by atoms with Crippen LogP contribution in [-0.2, 0) is 16.0 Å². The molecular weight excluding hydrogens is 328 g/mol. The summed E-state index contributed by atoms with van der Waals surface area (Å²) in [6.07, 6.45) is 8.29. The number of aromatic nitrogens is 3. The van der Waals surface area contributed by atoms with E-state index in [4.69, 9.17) is 4.74 Å². The lowest BCUT2D eigenvalue weighted by Crippen LogP contribution is -2.36. The van der Waals surface area contributed by atoms with E-state index in [1.54, 1.807) is 13.3 Å². The fraction of sp³-hybridized carbons (Fsp3) is 0.500. The molecule has 2 heterocycles. The Labute approximate surface area is 154 Å². The highest BCUT2D eigenvalue weighted by atomic mass is 16.5. The van der Waals surface area contributed by atoms with Crippen LogP contribution < -0.4 is 5.32 Å². The molecule has 2 aromatic heterocycles. The molecule has 0 radical (unpaired) electrons. The van der Waals surface area contributed by atoms with Crippen LogP contribution in [0.25, 0.3) is 11.3 Å². The van der Waals surface area contributed by atoms with Gasteiger partial charge in [0.25, 0.3) is 0 Å². The summed E-state index contributed by atoms with van der Waals surface area (Å²) in [6.45, 7) is 2.43. The molecule has 0 spiro atoms. The number of hydrogen-bond donors (Lipinski definition) is 1. The number of nitrogens with one attached hydrogen (secondary N) is 1. The van der Waals surface area contributed by atoms with E-state index in [1.807, 2.05) is 31.3 Å². The van der Waals surface area contributed by atoms with Crippen LogP contribution in [0.2, 0.25) is 0 Å². The smallest absolute Gasteiger partial charge is 0.223 e. The van der Waals surface area contributed by atoms with Crippen LogP contribution in [0.1, 0.15) is 37.2 Å². The van der Waals surface area contributed by atoms with E-state index in [2.05, 4.69) is 20.3 Å². The van der Waals surface area contributed by atoms with Gasteiger partial charge in [0.1, 0.15) is 5.82 Å². The minimum Gasteiger partial charge on any atom is -0.381 e. The molecule has 1 fully saturated rings. The average molecular weight is 354 g/mol. The van der Waals surface area contributed by atoms with Crippen LogP contribution in [0.4, 0.5) is 0 Å². The van der Waals surface area contributed by atoms with Gasteiger partial charge in [-0.25, -0.2) is 9.97 Å². The maximum absolute atomic E-state index is 12.5. The Hall–Kier alpha value is -2.34. The molecule has 6 heteroatoms. The summed E-state index contributed by atoms with van der Waals surface area (Å²) in [5.41, 5.74) is 2.68. The number of aryl methyl sites for hydroxylation is 1. The Kier molecular flexibility index (Phi) is 6.28. The van der Waals surface area contributed by atoms with Crippen molar-refractivity contribution in [2.24, 2.45) is 5.92 Å². The molecular formula is C20H26N4O2. The predicted octanol–water partition coefficient (Wildman–Crippen LogP) is 2.71. The summed E-state index contributed by atoms with van der Waals surface area (Å²) < 4.78 is 5.42. The standard InChI is InChI=1S/C20H26N4O2/c1-14-23-13-17(18-8-3-4-10-21-18)19(24-14)9-11-22-20(25)15-6-5-7-16(12-15)26-2/h3-4,8,10,13,15-16H,5-7,9,11-12H2,1-2H3,(H,22,25)/t15-,16+/m1/s1. The number of ether oxygens (including phenoxy) is 1. The van der Waals surface area contributed by atoms with Crippen LogP contribution in [0, 0.1) is 12.8 Å². The number of rotatable bonds is 6. The van der Waals surface area contributed by atoms with E-state index in [0.717, 1.165) is 48.5 Å². The number of hydrogen-bond acceptors (Lipinski definition) is 5. The van der Waals surface area contributed by atoms with Crippen molar-refractivity contribution in [3.05, 3.63) is 42.1 Å². The summed E-state index contributed by atoms with van der Waals surface area (Å²) in [5, 5.41) is 3.07. The Morgan fingerprint density at radius 2 is 2.19 bits per heavy atom. The zero-order valence-electron chi connectivity index (χ0n) is 15.4. The number of methoxy groups -OCH3 is 1. The summed E-state index contributed by atoms with van der Waals surface area (Å²) in [7, 11) is 1.72. The van der Waals surface area contributed by atoms with Gasteiger partial charge >= 0.3 is 0 Å². The molecule has 1 amide bonds. The molecule has 1 saturated carbocycles. The maximum atomic E-state index is 12.5. The summed E-state index contributed by atoms with van der Waals surface area (Å²) in [5.74, 6) is 0.897. The highest BCUT2D eigenvalue weighted by Gasteiger charge is 2.26. The second kappa shape index (κ2) is 8.85. The first-order chi connectivity index (χ1) is 12.7. The molecule has 1 aliphatic rings. The third-order valence-corrected chi connectivity index (χ3v) is 4.92. The zero-order valence-corrected chi connectivity index (χ0v) is 15.4. The minimum absolute atomic E-state index is 0.0519. The number of amides is 1.